The fourth-order valence-corrected chi connectivity index (χ4v) is 3.64. The van der Waals surface area contributed by atoms with E-state index in [1.54, 1.807) is 17.6 Å². The van der Waals surface area contributed by atoms with Crippen molar-refractivity contribution in [3.63, 3.8) is 0 Å². The van der Waals surface area contributed by atoms with Crippen molar-refractivity contribution in [1.29, 1.82) is 0 Å². The van der Waals surface area contributed by atoms with Gasteiger partial charge in [0.05, 0.1) is 25.0 Å². The molecule has 3 rings (SSSR count). The predicted octanol–water partition coefficient (Wildman–Crippen LogP) is 4.59. The molecule has 0 radical (unpaired) electrons. The van der Waals surface area contributed by atoms with Crippen LogP contribution >= 0.6 is 33.9 Å². The van der Waals surface area contributed by atoms with Gasteiger partial charge in [-0.2, -0.15) is 0 Å². The van der Waals surface area contributed by atoms with E-state index in [9.17, 15) is 4.79 Å². The number of amides is 1. The molecule has 0 fully saturated rings. The molecule has 6 heteroatoms. The van der Waals surface area contributed by atoms with E-state index in [0.717, 1.165) is 21.6 Å². The van der Waals surface area contributed by atoms with Crippen molar-refractivity contribution >= 4 is 45.5 Å². The van der Waals surface area contributed by atoms with Gasteiger partial charge in [0.2, 0.25) is 5.91 Å². The van der Waals surface area contributed by atoms with Crippen LogP contribution in [0.4, 0.5) is 5.69 Å². The number of thiophene rings is 1. The number of halogens is 1. The molecule has 1 amide bonds. The molecule has 0 saturated heterocycles. The monoisotopic (exact) mass is 452 g/mol. The van der Waals surface area contributed by atoms with Crippen molar-refractivity contribution in [2.75, 3.05) is 11.9 Å². The summed E-state index contributed by atoms with van der Waals surface area (Å²) in [6.45, 7) is 1.63. The van der Waals surface area contributed by atoms with Crippen molar-refractivity contribution < 1.29 is 9.21 Å². The van der Waals surface area contributed by atoms with Crippen LogP contribution in [0.15, 0.2) is 64.6 Å². The molecule has 24 heavy (non-hydrogen) atoms. The number of hydrogen-bond donors (Lipinski definition) is 1. The summed E-state index contributed by atoms with van der Waals surface area (Å²) in [5.74, 6) is 0.830. The topological polar surface area (TPSA) is 45.5 Å². The van der Waals surface area contributed by atoms with Gasteiger partial charge in [-0.3, -0.25) is 9.69 Å². The molecule has 1 N–H and O–H groups in total. The first-order valence-corrected chi connectivity index (χ1v) is 9.48. The standard InChI is InChI=1S/C18H17IN2O2S/c19-16-7-1-2-8-17(16)20-18(22)13-21(11-14-5-3-9-23-14)12-15-6-4-10-24-15/h1-10H,11-13H2,(H,20,22). The van der Waals surface area contributed by atoms with E-state index in [0.29, 0.717) is 13.1 Å². The zero-order valence-electron chi connectivity index (χ0n) is 12.9. The summed E-state index contributed by atoms with van der Waals surface area (Å²) in [6.07, 6.45) is 1.66. The summed E-state index contributed by atoms with van der Waals surface area (Å²) in [4.78, 5) is 15.8. The lowest BCUT2D eigenvalue weighted by molar-refractivity contribution is -0.117. The molecule has 0 saturated carbocycles. The van der Waals surface area contributed by atoms with Gasteiger partial charge in [0, 0.05) is 15.0 Å². The summed E-state index contributed by atoms with van der Waals surface area (Å²) < 4.78 is 6.46. The molecule has 0 aliphatic rings. The molecule has 0 bridgehead atoms. The van der Waals surface area contributed by atoms with Crippen LogP contribution in [0.1, 0.15) is 10.6 Å². The van der Waals surface area contributed by atoms with E-state index in [4.69, 9.17) is 4.42 Å². The Kier molecular flexibility index (Phi) is 6.06. The number of carbonyl (C=O) groups is 1. The number of hydrogen-bond acceptors (Lipinski definition) is 4. The molecule has 0 unspecified atom stereocenters. The molecule has 0 spiro atoms. The molecule has 1 aromatic carbocycles. The molecule has 124 valence electrons. The third kappa shape index (κ3) is 4.93. The average Bonchev–Trinajstić information content (AvgIpc) is 3.23. The molecule has 0 atom stereocenters. The first kappa shape index (κ1) is 17.2. The van der Waals surface area contributed by atoms with Crippen molar-refractivity contribution in [2.45, 2.75) is 13.1 Å². The Hall–Kier alpha value is -1.64. The number of rotatable bonds is 7. The summed E-state index contributed by atoms with van der Waals surface area (Å²) in [6, 6.07) is 15.7. The Morgan fingerprint density at radius 1 is 1.12 bits per heavy atom. The second-order valence-corrected chi connectivity index (χ2v) is 7.53. The molecular weight excluding hydrogens is 435 g/mol. The Morgan fingerprint density at radius 2 is 2.00 bits per heavy atom. The maximum atomic E-state index is 12.4. The van der Waals surface area contributed by atoms with Crippen molar-refractivity contribution in [2.24, 2.45) is 0 Å². The van der Waals surface area contributed by atoms with Crippen LogP contribution in [0, 0.1) is 3.57 Å². The van der Waals surface area contributed by atoms with E-state index >= 15 is 0 Å². The highest BCUT2D eigenvalue weighted by molar-refractivity contribution is 14.1. The van der Waals surface area contributed by atoms with Gasteiger partial charge < -0.3 is 9.73 Å². The lowest BCUT2D eigenvalue weighted by Crippen LogP contribution is -2.32. The second kappa shape index (κ2) is 8.46. The highest BCUT2D eigenvalue weighted by atomic mass is 127. The smallest absolute Gasteiger partial charge is 0.238 e. The molecule has 0 aliphatic heterocycles. The van der Waals surface area contributed by atoms with Gasteiger partial charge in [-0.1, -0.05) is 18.2 Å². The van der Waals surface area contributed by atoms with Gasteiger partial charge in [0.25, 0.3) is 0 Å². The number of anilines is 1. The highest BCUT2D eigenvalue weighted by Gasteiger charge is 2.15. The van der Waals surface area contributed by atoms with Crippen LogP contribution in [0.5, 0.6) is 0 Å². The van der Waals surface area contributed by atoms with E-state index < -0.39 is 0 Å². The minimum Gasteiger partial charge on any atom is -0.468 e. The maximum Gasteiger partial charge on any atom is 0.238 e. The third-order valence-electron chi connectivity index (χ3n) is 3.43. The summed E-state index contributed by atoms with van der Waals surface area (Å²) >= 11 is 3.91. The maximum absolute atomic E-state index is 12.4. The number of para-hydroxylation sites is 1. The van der Waals surface area contributed by atoms with Crippen LogP contribution < -0.4 is 5.32 Å². The second-order valence-electron chi connectivity index (χ2n) is 5.33. The largest absolute Gasteiger partial charge is 0.468 e. The Morgan fingerprint density at radius 3 is 2.71 bits per heavy atom. The zero-order chi connectivity index (χ0) is 16.8. The lowest BCUT2D eigenvalue weighted by atomic mass is 10.3. The van der Waals surface area contributed by atoms with Crippen LogP contribution in [-0.4, -0.2) is 17.4 Å². The van der Waals surface area contributed by atoms with Crippen LogP contribution in [0.25, 0.3) is 0 Å². The fourth-order valence-electron chi connectivity index (χ4n) is 2.37. The minimum atomic E-state index is -0.0257. The summed E-state index contributed by atoms with van der Waals surface area (Å²) in [5, 5.41) is 5.03. The van der Waals surface area contributed by atoms with E-state index in [1.165, 1.54) is 4.88 Å². The molecule has 2 heterocycles. The molecular formula is C18H17IN2O2S. The number of nitrogens with zero attached hydrogens (tertiary/aromatic N) is 1. The predicted molar refractivity (Wildman–Crippen MR) is 105 cm³/mol. The highest BCUT2D eigenvalue weighted by Crippen LogP contribution is 2.18. The summed E-state index contributed by atoms with van der Waals surface area (Å²) in [7, 11) is 0. The molecule has 3 aromatic rings. The van der Waals surface area contributed by atoms with Gasteiger partial charge in [0.15, 0.2) is 0 Å². The van der Waals surface area contributed by atoms with Crippen molar-refractivity contribution in [1.82, 2.24) is 4.90 Å². The molecule has 0 aliphatic carbocycles. The van der Waals surface area contributed by atoms with Crippen LogP contribution in [-0.2, 0) is 17.9 Å². The normalized spacial score (nSPS) is 10.9. The molecule has 2 aromatic heterocycles. The van der Waals surface area contributed by atoms with Gasteiger partial charge in [-0.05, 0) is 58.3 Å². The van der Waals surface area contributed by atoms with E-state index in [1.807, 2.05) is 47.8 Å². The SMILES string of the molecule is O=C(CN(Cc1ccco1)Cc1cccs1)Nc1ccccc1I. The Labute approximate surface area is 158 Å². The van der Waals surface area contributed by atoms with Crippen molar-refractivity contribution in [3.8, 4) is 0 Å². The Balaban J connectivity index is 1.66. The van der Waals surface area contributed by atoms with Gasteiger partial charge in [-0.15, -0.1) is 11.3 Å². The van der Waals surface area contributed by atoms with E-state index in [2.05, 4.69) is 38.9 Å². The quantitative estimate of drug-likeness (QED) is 0.534. The average molecular weight is 452 g/mol. The molecule has 4 nitrogen and oxygen atoms in total. The number of furan rings is 1. The number of benzene rings is 1. The van der Waals surface area contributed by atoms with Gasteiger partial charge in [0.1, 0.15) is 5.76 Å². The van der Waals surface area contributed by atoms with Crippen LogP contribution in [0.3, 0.4) is 0 Å². The fraction of sp³-hybridized carbons (Fsp3) is 0.167. The van der Waals surface area contributed by atoms with Crippen molar-refractivity contribution in [3.05, 3.63) is 74.4 Å². The van der Waals surface area contributed by atoms with Gasteiger partial charge >= 0.3 is 0 Å². The number of nitrogens with one attached hydrogen (secondary N) is 1. The lowest BCUT2D eigenvalue weighted by Gasteiger charge is -2.20. The minimum absolute atomic E-state index is 0.0257. The van der Waals surface area contributed by atoms with E-state index in [-0.39, 0.29) is 5.91 Å². The Bertz CT molecular complexity index is 736. The first-order chi connectivity index (χ1) is 11.7. The summed E-state index contributed by atoms with van der Waals surface area (Å²) in [5.41, 5.74) is 0.845. The zero-order valence-corrected chi connectivity index (χ0v) is 15.9. The van der Waals surface area contributed by atoms with Crippen LogP contribution in [0.2, 0.25) is 0 Å². The van der Waals surface area contributed by atoms with Gasteiger partial charge in [-0.25, -0.2) is 0 Å². The third-order valence-corrected chi connectivity index (χ3v) is 5.24. The first-order valence-electron chi connectivity index (χ1n) is 7.52. The number of carbonyl (C=O) groups excluding carboxylic acids is 1.